The summed E-state index contributed by atoms with van der Waals surface area (Å²) in [4.78, 5) is 0. The van der Waals surface area contributed by atoms with Crippen molar-refractivity contribution in [2.75, 3.05) is 20.8 Å². The molecule has 0 spiro atoms. The average molecular weight is 276 g/mol. The van der Waals surface area contributed by atoms with E-state index in [0.717, 1.165) is 4.47 Å². The van der Waals surface area contributed by atoms with Gasteiger partial charge < -0.3 is 20.3 Å². The summed E-state index contributed by atoms with van der Waals surface area (Å²) in [6.07, 6.45) is -0.774. The van der Waals surface area contributed by atoms with Gasteiger partial charge in [-0.1, -0.05) is 15.9 Å². The van der Waals surface area contributed by atoms with Crippen LogP contribution in [0.4, 0.5) is 0 Å². The number of hydrogen-bond acceptors (Lipinski definition) is 4. The molecule has 4 nitrogen and oxygen atoms in total. The highest BCUT2D eigenvalue weighted by Crippen LogP contribution is 2.39. The van der Waals surface area contributed by atoms with Crippen molar-refractivity contribution >= 4 is 15.9 Å². The minimum Gasteiger partial charge on any atom is -0.493 e. The molecular weight excluding hydrogens is 262 g/mol. The van der Waals surface area contributed by atoms with E-state index in [1.54, 1.807) is 19.2 Å². The molecular formula is C10H14BrNO3. The fraction of sp³-hybridized carbons (Fsp3) is 0.400. The predicted molar refractivity (Wildman–Crippen MR) is 61.3 cm³/mol. The van der Waals surface area contributed by atoms with Crippen LogP contribution in [0.25, 0.3) is 0 Å². The van der Waals surface area contributed by atoms with E-state index in [0.29, 0.717) is 17.1 Å². The van der Waals surface area contributed by atoms with Crippen molar-refractivity contribution < 1.29 is 14.6 Å². The van der Waals surface area contributed by atoms with Gasteiger partial charge in [0.05, 0.1) is 20.3 Å². The van der Waals surface area contributed by atoms with Gasteiger partial charge in [-0.3, -0.25) is 0 Å². The number of rotatable bonds is 4. The molecule has 0 bridgehead atoms. The average Bonchev–Trinajstić information content (AvgIpc) is 2.27. The van der Waals surface area contributed by atoms with Crippen LogP contribution in [0.5, 0.6) is 11.5 Å². The summed E-state index contributed by atoms with van der Waals surface area (Å²) < 4.78 is 11.1. The molecule has 84 valence electrons. The Morgan fingerprint density at radius 1 is 1.40 bits per heavy atom. The normalized spacial score (nSPS) is 12.3. The maximum Gasteiger partial charge on any atom is 0.167 e. The zero-order valence-corrected chi connectivity index (χ0v) is 10.2. The van der Waals surface area contributed by atoms with Crippen molar-refractivity contribution in [2.24, 2.45) is 5.73 Å². The zero-order valence-electron chi connectivity index (χ0n) is 8.66. The van der Waals surface area contributed by atoms with E-state index in [9.17, 15) is 5.11 Å². The van der Waals surface area contributed by atoms with Crippen molar-refractivity contribution in [3.63, 3.8) is 0 Å². The van der Waals surface area contributed by atoms with Gasteiger partial charge in [0.15, 0.2) is 11.5 Å². The number of aliphatic hydroxyl groups is 1. The molecule has 0 fully saturated rings. The number of hydrogen-bond donors (Lipinski definition) is 2. The quantitative estimate of drug-likeness (QED) is 0.873. The first-order valence-corrected chi connectivity index (χ1v) is 5.23. The molecule has 0 aliphatic heterocycles. The van der Waals surface area contributed by atoms with Gasteiger partial charge in [-0.05, 0) is 12.1 Å². The number of nitrogens with two attached hydrogens (primary N) is 1. The lowest BCUT2D eigenvalue weighted by atomic mass is 10.1. The highest BCUT2D eigenvalue weighted by Gasteiger charge is 2.19. The van der Waals surface area contributed by atoms with E-state index in [-0.39, 0.29) is 6.54 Å². The molecule has 0 aromatic heterocycles. The predicted octanol–water partition coefficient (Wildman–Crippen LogP) is 1.46. The first-order valence-electron chi connectivity index (χ1n) is 4.44. The molecule has 1 aromatic carbocycles. The summed E-state index contributed by atoms with van der Waals surface area (Å²) in [5, 5.41) is 9.75. The third-order valence-corrected chi connectivity index (χ3v) is 2.78. The van der Waals surface area contributed by atoms with Gasteiger partial charge in [0.2, 0.25) is 0 Å². The molecule has 0 radical (unpaired) electrons. The van der Waals surface area contributed by atoms with Crippen LogP contribution in [-0.2, 0) is 0 Å². The summed E-state index contributed by atoms with van der Waals surface area (Å²) in [6.45, 7) is 0.127. The summed E-state index contributed by atoms with van der Waals surface area (Å²) in [7, 11) is 3.07. The highest BCUT2D eigenvalue weighted by molar-refractivity contribution is 9.10. The molecule has 0 amide bonds. The van der Waals surface area contributed by atoms with Gasteiger partial charge in [-0.25, -0.2) is 0 Å². The van der Waals surface area contributed by atoms with E-state index in [2.05, 4.69) is 15.9 Å². The monoisotopic (exact) mass is 275 g/mol. The van der Waals surface area contributed by atoms with Gasteiger partial charge in [0.25, 0.3) is 0 Å². The highest BCUT2D eigenvalue weighted by atomic mass is 79.9. The maximum atomic E-state index is 9.75. The Bertz CT molecular complexity index is 344. The van der Waals surface area contributed by atoms with E-state index < -0.39 is 6.10 Å². The molecule has 0 heterocycles. The molecule has 0 aliphatic carbocycles. The number of ether oxygens (including phenoxy) is 2. The van der Waals surface area contributed by atoms with Crippen molar-refractivity contribution in [1.82, 2.24) is 0 Å². The topological polar surface area (TPSA) is 64.7 Å². The Balaban J connectivity index is 3.31. The van der Waals surface area contributed by atoms with E-state index in [4.69, 9.17) is 15.2 Å². The molecule has 0 aliphatic rings. The van der Waals surface area contributed by atoms with Crippen LogP contribution in [0.2, 0.25) is 0 Å². The van der Waals surface area contributed by atoms with Gasteiger partial charge in [0, 0.05) is 16.6 Å². The molecule has 1 unspecified atom stereocenters. The van der Waals surface area contributed by atoms with Gasteiger partial charge in [-0.15, -0.1) is 0 Å². The van der Waals surface area contributed by atoms with Crippen LogP contribution in [0.1, 0.15) is 11.7 Å². The molecule has 0 saturated heterocycles. The van der Waals surface area contributed by atoms with Gasteiger partial charge in [0.1, 0.15) is 0 Å². The molecule has 1 atom stereocenters. The Hall–Kier alpha value is -0.780. The summed E-state index contributed by atoms with van der Waals surface area (Å²) in [5.41, 5.74) is 6.03. The van der Waals surface area contributed by atoms with Crippen molar-refractivity contribution in [1.29, 1.82) is 0 Å². The van der Waals surface area contributed by atoms with Crippen LogP contribution in [0, 0.1) is 0 Å². The molecule has 1 aromatic rings. The zero-order chi connectivity index (χ0) is 11.4. The van der Waals surface area contributed by atoms with Crippen LogP contribution in [-0.4, -0.2) is 25.9 Å². The minimum absolute atomic E-state index is 0.127. The van der Waals surface area contributed by atoms with Crippen LogP contribution in [0.15, 0.2) is 16.6 Å². The van der Waals surface area contributed by atoms with Crippen LogP contribution >= 0.6 is 15.9 Å². The maximum absolute atomic E-state index is 9.75. The molecule has 15 heavy (non-hydrogen) atoms. The molecule has 1 rings (SSSR count). The smallest absolute Gasteiger partial charge is 0.167 e. The van der Waals surface area contributed by atoms with Crippen molar-refractivity contribution in [3.05, 3.63) is 22.2 Å². The number of benzene rings is 1. The van der Waals surface area contributed by atoms with E-state index in [1.165, 1.54) is 7.11 Å². The van der Waals surface area contributed by atoms with Gasteiger partial charge >= 0.3 is 0 Å². The first-order chi connectivity index (χ1) is 7.15. The molecule has 3 N–H and O–H groups in total. The lowest BCUT2D eigenvalue weighted by Crippen LogP contribution is -2.13. The second-order valence-corrected chi connectivity index (χ2v) is 3.80. The molecule has 5 heteroatoms. The second-order valence-electron chi connectivity index (χ2n) is 2.95. The summed E-state index contributed by atoms with van der Waals surface area (Å²) >= 11 is 3.34. The van der Waals surface area contributed by atoms with Gasteiger partial charge in [-0.2, -0.15) is 0 Å². The van der Waals surface area contributed by atoms with Crippen molar-refractivity contribution in [3.8, 4) is 11.5 Å². The third-order valence-electron chi connectivity index (χ3n) is 2.09. The van der Waals surface area contributed by atoms with Crippen molar-refractivity contribution in [2.45, 2.75) is 6.10 Å². The van der Waals surface area contributed by atoms with E-state index in [1.807, 2.05) is 0 Å². The lowest BCUT2D eigenvalue weighted by molar-refractivity contribution is 0.180. The minimum atomic E-state index is -0.774. The fourth-order valence-corrected chi connectivity index (χ4v) is 1.93. The van der Waals surface area contributed by atoms with Crippen LogP contribution in [0.3, 0.4) is 0 Å². The fourth-order valence-electron chi connectivity index (χ4n) is 1.36. The largest absolute Gasteiger partial charge is 0.493 e. The first kappa shape index (κ1) is 12.3. The second kappa shape index (κ2) is 5.34. The molecule has 0 saturated carbocycles. The Labute approximate surface area is 97.1 Å². The standard InChI is InChI=1S/C10H14BrNO3/c1-14-8-4-3-6(11)9(7(13)5-12)10(8)15-2/h3-4,7,13H,5,12H2,1-2H3. The summed E-state index contributed by atoms with van der Waals surface area (Å²) in [5.74, 6) is 1.08. The lowest BCUT2D eigenvalue weighted by Gasteiger charge is -2.17. The Morgan fingerprint density at radius 2 is 2.07 bits per heavy atom. The number of aliphatic hydroxyl groups excluding tert-OH is 1. The third kappa shape index (κ3) is 2.42. The summed E-state index contributed by atoms with van der Waals surface area (Å²) in [6, 6.07) is 3.55. The Kier molecular flexibility index (Phi) is 4.38. The SMILES string of the molecule is COc1ccc(Br)c(C(O)CN)c1OC. The number of methoxy groups -OCH3 is 2. The van der Waals surface area contributed by atoms with Crippen LogP contribution < -0.4 is 15.2 Å². The number of halogens is 1. The van der Waals surface area contributed by atoms with E-state index >= 15 is 0 Å². The Morgan fingerprint density at radius 3 is 2.53 bits per heavy atom.